The molecule has 1 atom stereocenters. The second-order valence-electron chi connectivity index (χ2n) is 6.86. The van der Waals surface area contributed by atoms with Crippen molar-refractivity contribution in [2.75, 3.05) is 26.7 Å². The van der Waals surface area contributed by atoms with Gasteiger partial charge in [0, 0.05) is 25.2 Å². The van der Waals surface area contributed by atoms with Gasteiger partial charge >= 0.3 is 0 Å². The minimum Gasteiger partial charge on any atom is -0.496 e. The van der Waals surface area contributed by atoms with Crippen LogP contribution in [0.1, 0.15) is 17.2 Å². The van der Waals surface area contributed by atoms with Crippen LogP contribution in [0.2, 0.25) is 0 Å². The molecule has 1 amide bonds. The first kappa shape index (κ1) is 17.6. The lowest BCUT2D eigenvalue weighted by Crippen LogP contribution is -2.49. The molecule has 0 spiro atoms. The van der Waals surface area contributed by atoms with Crippen molar-refractivity contribution in [2.45, 2.75) is 12.5 Å². The fourth-order valence-electron chi connectivity index (χ4n) is 3.93. The highest BCUT2D eigenvalue weighted by Crippen LogP contribution is 2.31. The molecule has 3 aromatic rings. The topological polar surface area (TPSA) is 41.6 Å². The number of hydrogen-bond acceptors (Lipinski definition) is 3. The van der Waals surface area contributed by atoms with Gasteiger partial charge in [0.1, 0.15) is 5.75 Å². The number of methoxy groups -OCH3 is 1. The van der Waals surface area contributed by atoms with Gasteiger partial charge in [0.15, 0.2) is 0 Å². The Labute approximate surface area is 159 Å². The molecule has 0 radical (unpaired) electrons. The summed E-state index contributed by atoms with van der Waals surface area (Å²) >= 11 is 0. The number of piperazine rings is 1. The molecular weight excluding hydrogens is 336 g/mol. The molecule has 0 saturated carbocycles. The van der Waals surface area contributed by atoms with Crippen molar-refractivity contribution >= 4 is 16.7 Å². The van der Waals surface area contributed by atoms with Crippen LogP contribution in [0.4, 0.5) is 0 Å². The molecule has 4 heteroatoms. The third-order valence-electron chi connectivity index (χ3n) is 5.28. The molecule has 1 heterocycles. The lowest BCUT2D eigenvalue weighted by Gasteiger charge is -2.37. The molecule has 1 saturated heterocycles. The quantitative estimate of drug-likeness (QED) is 0.773. The number of hydrogen-bond donors (Lipinski definition) is 1. The van der Waals surface area contributed by atoms with E-state index in [0.29, 0.717) is 13.0 Å². The highest BCUT2D eigenvalue weighted by Gasteiger charge is 2.29. The van der Waals surface area contributed by atoms with Gasteiger partial charge in [-0.2, -0.15) is 0 Å². The Hall–Kier alpha value is -2.85. The molecule has 1 N–H and O–H groups in total. The highest BCUT2D eigenvalue weighted by atomic mass is 16.5. The fraction of sp³-hybridized carbons (Fsp3) is 0.261. The molecule has 0 bridgehead atoms. The van der Waals surface area contributed by atoms with Crippen LogP contribution in [-0.4, -0.2) is 37.6 Å². The van der Waals surface area contributed by atoms with Crippen molar-refractivity contribution in [1.82, 2.24) is 10.2 Å². The van der Waals surface area contributed by atoms with Crippen LogP contribution in [-0.2, 0) is 11.2 Å². The van der Waals surface area contributed by atoms with Crippen molar-refractivity contribution in [3.8, 4) is 5.75 Å². The maximum Gasteiger partial charge on any atom is 0.227 e. The monoisotopic (exact) mass is 360 g/mol. The van der Waals surface area contributed by atoms with Gasteiger partial charge in [-0.15, -0.1) is 0 Å². The van der Waals surface area contributed by atoms with Crippen molar-refractivity contribution in [1.29, 1.82) is 0 Å². The number of amides is 1. The third-order valence-corrected chi connectivity index (χ3v) is 5.28. The Morgan fingerprint density at radius 1 is 1.07 bits per heavy atom. The number of nitrogens with one attached hydrogen (secondary N) is 1. The predicted octanol–water partition coefficient (Wildman–Crippen LogP) is 3.56. The standard InChI is InChI=1S/C23H24N2O2/c1-27-22-12-5-4-11-20(22)21-16-24-13-14-25(21)23(26)15-18-9-6-8-17-7-2-3-10-19(17)18/h2-12,21,24H,13-16H2,1H3. The van der Waals surface area contributed by atoms with E-state index in [1.54, 1.807) is 7.11 Å². The summed E-state index contributed by atoms with van der Waals surface area (Å²) in [6.45, 7) is 2.25. The molecular formula is C23H24N2O2. The maximum absolute atomic E-state index is 13.3. The van der Waals surface area contributed by atoms with Crippen LogP contribution in [0.5, 0.6) is 5.75 Å². The van der Waals surface area contributed by atoms with Gasteiger partial charge in [-0.3, -0.25) is 4.79 Å². The molecule has 27 heavy (non-hydrogen) atoms. The van der Waals surface area contributed by atoms with E-state index in [-0.39, 0.29) is 11.9 Å². The maximum atomic E-state index is 13.3. The largest absolute Gasteiger partial charge is 0.496 e. The Morgan fingerprint density at radius 3 is 2.74 bits per heavy atom. The van der Waals surface area contributed by atoms with Gasteiger partial charge < -0.3 is 15.0 Å². The van der Waals surface area contributed by atoms with Crippen LogP contribution in [0.25, 0.3) is 10.8 Å². The summed E-state index contributed by atoms with van der Waals surface area (Å²) in [4.78, 5) is 15.2. The van der Waals surface area contributed by atoms with E-state index in [1.165, 1.54) is 5.39 Å². The minimum absolute atomic E-state index is 0.0163. The number of ether oxygens (including phenoxy) is 1. The van der Waals surface area contributed by atoms with E-state index in [9.17, 15) is 4.79 Å². The summed E-state index contributed by atoms with van der Waals surface area (Å²) in [7, 11) is 1.68. The van der Waals surface area contributed by atoms with Crippen LogP contribution in [0.15, 0.2) is 66.7 Å². The SMILES string of the molecule is COc1ccccc1C1CNCCN1C(=O)Cc1cccc2ccccc12. The smallest absolute Gasteiger partial charge is 0.227 e. The summed E-state index contributed by atoms with van der Waals surface area (Å²) < 4.78 is 5.54. The van der Waals surface area contributed by atoms with Gasteiger partial charge in [-0.1, -0.05) is 60.7 Å². The molecule has 3 aromatic carbocycles. The number of benzene rings is 3. The second-order valence-corrected chi connectivity index (χ2v) is 6.86. The number of nitrogens with zero attached hydrogens (tertiary/aromatic N) is 1. The summed E-state index contributed by atoms with van der Waals surface area (Å²) in [5, 5.41) is 5.73. The van der Waals surface area contributed by atoms with E-state index < -0.39 is 0 Å². The number of fused-ring (bicyclic) bond motifs is 1. The Kier molecular flexibility index (Phi) is 5.07. The molecule has 0 aromatic heterocycles. The van der Waals surface area contributed by atoms with Gasteiger partial charge in [-0.25, -0.2) is 0 Å². The number of rotatable bonds is 4. The average Bonchev–Trinajstić information content (AvgIpc) is 2.74. The molecule has 1 fully saturated rings. The highest BCUT2D eigenvalue weighted by molar-refractivity contribution is 5.90. The Morgan fingerprint density at radius 2 is 1.85 bits per heavy atom. The van der Waals surface area contributed by atoms with E-state index in [1.807, 2.05) is 41.3 Å². The van der Waals surface area contributed by atoms with E-state index in [0.717, 1.165) is 35.4 Å². The molecule has 1 aliphatic rings. The van der Waals surface area contributed by atoms with Crippen LogP contribution < -0.4 is 10.1 Å². The lowest BCUT2D eigenvalue weighted by molar-refractivity contribution is -0.133. The van der Waals surface area contributed by atoms with Crippen molar-refractivity contribution in [3.05, 3.63) is 77.9 Å². The first-order valence-electron chi connectivity index (χ1n) is 9.37. The molecule has 1 aliphatic heterocycles. The molecule has 4 rings (SSSR count). The Balaban J connectivity index is 1.63. The number of carbonyl (C=O) groups is 1. The van der Waals surface area contributed by atoms with Gasteiger partial charge in [0.05, 0.1) is 19.6 Å². The summed E-state index contributed by atoms with van der Waals surface area (Å²) in [5.41, 5.74) is 2.13. The average molecular weight is 360 g/mol. The minimum atomic E-state index is -0.0163. The molecule has 138 valence electrons. The van der Waals surface area contributed by atoms with Gasteiger partial charge in [0.25, 0.3) is 0 Å². The van der Waals surface area contributed by atoms with Gasteiger partial charge in [-0.05, 0) is 22.4 Å². The summed E-state index contributed by atoms with van der Waals surface area (Å²) in [6, 6.07) is 22.4. The van der Waals surface area contributed by atoms with E-state index in [2.05, 4.69) is 35.6 Å². The lowest BCUT2D eigenvalue weighted by atomic mass is 9.99. The summed E-state index contributed by atoms with van der Waals surface area (Å²) in [6.07, 6.45) is 0.410. The predicted molar refractivity (Wildman–Crippen MR) is 108 cm³/mol. The first-order chi connectivity index (χ1) is 13.3. The first-order valence-corrected chi connectivity index (χ1v) is 9.37. The zero-order valence-electron chi connectivity index (χ0n) is 15.5. The zero-order chi connectivity index (χ0) is 18.6. The van der Waals surface area contributed by atoms with Crippen LogP contribution in [0, 0.1) is 0 Å². The normalized spacial score (nSPS) is 17.1. The third kappa shape index (κ3) is 3.53. The van der Waals surface area contributed by atoms with Crippen LogP contribution in [0.3, 0.4) is 0 Å². The van der Waals surface area contributed by atoms with Crippen molar-refractivity contribution in [2.24, 2.45) is 0 Å². The van der Waals surface area contributed by atoms with E-state index >= 15 is 0 Å². The number of para-hydroxylation sites is 1. The zero-order valence-corrected chi connectivity index (χ0v) is 15.5. The molecule has 4 nitrogen and oxygen atoms in total. The number of carbonyl (C=O) groups excluding carboxylic acids is 1. The fourth-order valence-corrected chi connectivity index (χ4v) is 3.93. The van der Waals surface area contributed by atoms with E-state index in [4.69, 9.17) is 4.74 Å². The second kappa shape index (κ2) is 7.80. The van der Waals surface area contributed by atoms with Crippen molar-refractivity contribution < 1.29 is 9.53 Å². The molecule has 1 unspecified atom stereocenters. The Bertz CT molecular complexity index is 949. The molecule has 0 aliphatic carbocycles. The van der Waals surface area contributed by atoms with Crippen LogP contribution >= 0.6 is 0 Å². The summed E-state index contributed by atoms with van der Waals surface area (Å²) in [5.74, 6) is 0.984. The van der Waals surface area contributed by atoms with Gasteiger partial charge in [0.2, 0.25) is 5.91 Å². The van der Waals surface area contributed by atoms with Crippen molar-refractivity contribution in [3.63, 3.8) is 0 Å².